The number of aromatic nitrogens is 1. The average molecular weight is 429 g/mol. The first-order valence-corrected chi connectivity index (χ1v) is 10.9. The van der Waals surface area contributed by atoms with Crippen molar-refractivity contribution in [3.05, 3.63) is 48.2 Å². The topological polar surface area (TPSA) is 102 Å². The standard InChI is InChI=1S/C23H29N3O5/c1-26(16-21(27)24-20-12-14-30-25-20)13-11-19(15-26)31-22(28)23(29,18-9-5-6-10-18)17-7-3-2-4-8-17/h2-4,7-8,12,14,18-19,29H,5-6,9-11,13,15-16H2,1H3/p+1/t19-,23?,26?/m1/s1. The lowest BCUT2D eigenvalue weighted by Crippen LogP contribution is -2.49. The fourth-order valence-electron chi connectivity index (χ4n) is 4.97. The van der Waals surface area contributed by atoms with E-state index in [4.69, 9.17) is 9.26 Å². The van der Waals surface area contributed by atoms with Crippen LogP contribution in [-0.2, 0) is 19.9 Å². The maximum absolute atomic E-state index is 13.3. The van der Waals surface area contributed by atoms with E-state index in [0.717, 1.165) is 25.7 Å². The first-order valence-electron chi connectivity index (χ1n) is 10.9. The molecule has 8 heteroatoms. The molecule has 0 radical (unpaired) electrons. The molecule has 1 aromatic carbocycles. The lowest BCUT2D eigenvalue weighted by Gasteiger charge is -2.33. The minimum atomic E-state index is -1.63. The van der Waals surface area contributed by atoms with Gasteiger partial charge < -0.3 is 24.2 Å². The van der Waals surface area contributed by atoms with Crippen LogP contribution in [0.25, 0.3) is 0 Å². The van der Waals surface area contributed by atoms with Crippen molar-refractivity contribution in [2.24, 2.45) is 5.92 Å². The number of likely N-dealkylation sites (tertiary alicyclic amines) is 1. The molecule has 1 amide bonds. The van der Waals surface area contributed by atoms with Gasteiger partial charge in [0.2, 0.25) is 0 Å². The molecule has 4 rings (SSSR count). The molecule has 2 N–H and O–H groups in total. The van der Waals surface area contributed by atoms with Crippen LogP contribution in [0, 0.1) is 5.92 Å². The number of amides is 1. The van der Waals surface area contributed by atoms with E-state index >= 15 is 0 Å². The fraction of sp³-hybridized carbons (Fsp3) is 0.522. The average Bonchev–Trinajstić information content (AvgIpc) is 3.51. The zero-order valence-corrected chi connectivity index (χ0v) is 17.8. The molecule has 1 saturated heterocycles. The highest BCUT2D eigenvalue weighted by molar-refractivity contribution is 5.90. The molecule has 2 fully saturated rings. The van der Waals surface area contributed by atoms with Gasteiger partial charge in [-0.1, -0.05) is 48.3 Å². The van der Waals surface area contributed by atoms with Crippen molar-refractivity contribution in [2.45, 2.75) is 43.8 Å². The number of anilines is 1. The smallest absolute Gasteiger partial charge is 0.343 e. The predicted octanol–water partition coefficient (Wildman–Crippen LogP) is 2.45. The number of likely N-dealkylation sites (N-methyl/N-ethyl adjacent to an activating group) is 1. The molecule has 2 aromatic rings. The Bertz CT molecular complexity index is 897. The van der Waals surface area contributed by atoms with Gasteiger partial charge in [-0.3, -0.25) is 4.79 Å². The zero-order chi connectivity index (χ0) is 21.9. The van der Waals surface area contributed by atoms with Gasteiger partial charge in [-0.05, 0) is 18.4 Å². The van der Waals surface area contributed by atoms with Crippen molar-refractivity contribution in [3.63, 3.8) is 0 Å². The summed E-state index contributed by atoms with van der Waals surface area (Å²) in [6.07, 6.45) is 5.33. The van der Waals surface area contributed by atoms with Crippen molar-refractivity contribution in [3.8, 4) is 0 Å². The molecule has 1 saturated carbocycles. The van der Waals surface area contributed by atoms with Gasteiger partial charge in [-0.2, -0.15) is 0 Å². The summed E-state index contributed by atoms with van der Waals surface area (Å²) in [5.74, 6) is -0.507. The Morgan fingerprint density at radius 2 is 1.97 bits per heavy atom. The third kappa shape index (κ3) is 4.65. The van der Waals surface area contributed by atoms with Gasteiger partial charge in [0.25, 0.3) is 5.91 Å². The van der Waals surface area contributed by atoms with Crippen molar-refractivity contribution >= 4 is 17.7 Å². The van der Waals surface area contributed by atoms with Crippen LogP contribution in [-0.4, -0.2) is 59.4 Å². The van der Waals surface area contributed by atoms with E-state index in [1.165, 1.54) is 6.26 Å². The number of aliphatic hydroxyl groups is 1. The Morgan fingerprint density at radius 3 is 2.65 bits per heavy atom. The van der Waals surface area contributed by atoms with Crippen molar-refractivity contribution in [1.29, 1.82) is 0 Å². The lowest BCUT2D eigenvalue weighted by atomic mass is 9.80. The first kappa shape index (κ1) is 21.5. The van der Waals surface area contributed by atoms with Gasteiger partial charge in [-0.15, -0.1) is 0 Å². The molecule has 1 aromatic heterocycles. The molecule has 1 aliphatic heterocycles. The van der Waals surface area contributed by atoms with E-state index in [9.17, 15) is 14.7 Å². The van der Waals surface area contributed by atoms with Gasteiger partial charge in [0.15, 0.2) is 24.1 Å². The maximum Gasteiger partial charge on any atom is 0.343 e. The molecule has 2 unspecified atom stereocenters. The third-order valence-electron chi connectivity index (χ3n) is 6.61. The molecular weight excluding hydrogens is 398 g/mol. The van der Waals surface area contributed by atoms with Crippen LogP contribution in [0.4, 0.5) is 5.82 Å². The number of quaternary nitrogens is 1. The van der Waals surface area contributed by atoms with Crippen LogP contribution < -0.4 is 5.32 Å². The van der Waals surface area contributed by atoms with E-state index < -0.39 is 11.6 Å². The number of rotatable bonds is 7. The van der Waals surface area contributed by atoms with Gasteiger partial charge in [0.1, 0.15) is 12.8 Å². The number of ether oxygens (including phenoxy) is 1. The summed E-state index contributed by atoms with van der Waals surface area (Å²) in [4.78, 5) is 25.6. The normalized spacial score (nSPS) is 25.8. The molecule has 2 aliphatic rings. The number of carbonyl (C=O) groups excluding carboxylic acids is 2. The van der Waals surface area contributed by atoms with E-state index in [0.29, 0.717) is 35.4 Å². The van der Waals surface area contributed by atoms with Crippen LogP contribution in [0.15, 0.2) is 47.2 Å². The largest absolute Gasteiger partial charge is 0.454 e. The van der Waals surface area contributed by atoms with Gasteiger partial charge >= 0.3 is 5.97 Å². The molecule has 0 spiro atoms. The van der Waals surface area contributed by atoms with E-state index in [1.807, 2.05) is 25.2 Å². The van der Waals surface area contributed by atoms with Crippen molar-refractivity contribution < 1.29 is 28.4 Å². The number of nitrogens with one attached hydrogen (secondary N) is 1. The summed E-state index contributed by atoms with van der Waals surface area (Å²) in [6.45, 7) is 1.47. The Labute approximate surface area is 181 Å². The van der Waals surface area contributed by atoms with Crippen LogP contribution >= 0.6 is 0 Å². The second-order valence-electron chi connectivity index (χ2n) is 9.05. The molecule has 2 heterocycles. The van der Waals surface area contributed by atoms with Crippen LogP contribution in [0.3, 0.4) is 0 Å². The first-order chi connectivity index (χ1) is 14.9. The predicted molar refractivity (Wildman–Crippen MR) is 113 cm³/mol. The van der Waals surface area contributed by atoms with Crippen LogP contribution in [0.5, 0.6) is 0 Å². The summed E-state index contributed by atoms with van der Waals surface area (Å²) in [7, 11) is 1.97. The summed E-state index contributed by atoms with van der Waals surface area (Å²) < 4.78 is 11.0. The Balaban J connectivity index is 1.41. The Hall–Kier alpha value is -2.71. The summed E-state index contributed by atoms with van der Waals surface area (Å²) in [5, 5.41) is 18.0. The number of benzene rings is 1. The molecule has 31 heavy (non-hydrogen) atoms. The quantitative estimate of drug-likeness (QED) is 0.519. The molecule has 0 bridgehead atoms. The van der Waals surface area contributed by atoms with E-state index in [1.54, 1.807) is 18.2 Å². The number of esters is 1. The van der Waals surface area contributed by atoms with Gasteiger partial charge in [0.05, 0.1) is 13.6 Å². The minimum absolute atomic E-state index is 0.141. The van der Waals surface area contributed by atoms with E-state index in [-0.39, 0.29) is 24.5 Å². The third-order valence-corrected chi connectivity index (χ3v) is 6.61. The lowest BCUT2D eigenvalue weighted by molar-refractivity contribution is -0.890. The molecule has 1 aliphatic carbocycles. The summed E-state index contributed by atoms with van der Waals surface area (Å²) in [6, 6.07) is 10.7. The highest BCUT2D eigenvalue weighted by Gasteiger charge is 2.50. The fourth-order valence-corrected chi connectivity index (χ4v) is 4.97. The number of hydrogen-bond acceptors (Lipinski definition) is 6. The second-order valence-corrected chi connectivity index (χ2v) is 9.05. The number of hydrogen-bond donors (Lipinski definition) is 2. The molecule has 8 nitrogen and oxygen atoms in total. The number of carbonyl (C=O) groups is 2. The number of nitrogens with zero attached hydrogens (tertiary/aromatic N) is 2. The van der Waals surface area contributed by atoms with Gasteiger partial charge in [-0.25, -0.2) is 4.79 Å². The molecule has 3 atom stereocenters. The molecule has 166 valence electrons. The maximum atomic E-state index is 13.3. The van der Waals surface area contributed by atoms with Crippen LogP contribution in [0.2, 0.25) is 0 Å². The van der Waals surface area contributed by atoms with Crippen molar-refractivity contribution in [2.75, 3.05) is 32.0 Å². The minimum Gasteiger partial charge on any atom is -0.454 e. The SMILES string of the molecule is C[N+]1(CC(=O)Nc2ccon2)CC[C@@H](OC(=O)C(O)(c2ccccc2)C2CCCC2)C1. The Morgan fingerprint density at radius 1 is 1.23 bits per heavy atom. The Kier molecular flexibility index (Phi) is 6.11. The second kappa shape index (κ2) is 8.80. The monoisotopic (exact) mass is 428 g/mol. The summed E-state index contributed by atoms with van der Waals surface area (Å²) >= 11 is 0. The highest BCUT2D eigenvalue weighted by Crippen LogP contribution is 2.42. The summed E-state index contributed by atoms with van der Waals surface area (Å²) in [5.41, 5.74) is -1.04. The van der Waals surface area contributed by atoms with Crippen LogP contribution in [0.1, 0.15) is 37.7 Å². The zero-order valence-electron chi connectivity index (χ0n) is 17.8. The molecular formula is C23H30N3O5+. The van der Waals surface area contributed by atoms with Gasteiger partial charge in [0, 0.05) is 18.4 Å². The highest BCUT2D eigenvalue weighted by atomic mass is 16.6. The van der Waals surface area contributed by atoms with Crippen molar-refractivity contribution in [1.82, 2.24) is 5.16 Å². The van der Waals surface area contributed by atoms with E-state index in [2.05, 4.69) is 10.5 Å².